The average Bonchev–Trinajstić information content (AvgIpc) is 3.64. The molecule has 2 aromatic carbocycles. The first-order valence-corrected chi connectivity index (χ1v) is 13.9. The number of hydrogen-bond acceptors (Lipinski definition) is 6. The van der Waals surface area contributed by atoms with Crippen LogP contribution in [0.2, 0.25) is 0 Å². The van der Waals surface area contributed by atoms with Crippen LogP contribution in [0.1, 0.15) is 44.2 Å². The summed E-state index contributed by atoms with van der Waals surface area (Å²) in [6.45, 7) is 5.17. The van der Waals surface area contributed by atoms with Crippen molar-refractivity contribution in [3.63, 3.8) is 0 Å². The molecule has 0 radical (unpaired) electrons. The number of pyridine rings is 1. The van der Waals surface area contributed by atoms with Gasteiger partial charge in [0.1, 0.15) is 30.2 Å². The van der Waals surface area contributed by atoms with Gasteiger partial charge in [0, 0.05) is 18.5 Å². The van der Waals surface area contributed by atoms with Crippen LogP contribution in [0.3, 0.4) is 0 Å². The van der Waals surface area contributed by atoms with Crippen molar-refractivity contribution < 1.29 is 28.2 Å². The zero-order valence-electron chi connectivity index (χ0n) is 23.5. The molecule has 2 aromatic heterocycles. The van der Waals surface area contributed by atoms with E-state index in [1.165, 1.54) is 4.57 Å². The number of carbonyl (C=O) groups is 3. The summed E-state index contributed by atoms with van der Waals surface area (Å²) in [5.74, 6) is -0.507. The average molecular weight is 571 g/mol. The van der Waals surface area contributed by atoms with Gasteiger partial charge in [-0.05, 0) is 61.2 Å². The van der Waals surface area contributed by atoms with E-state index in [4.69, 9.17) is 9.47 Å². The molecule has 1 aliphatic heterocycles. The Morgan fingerprint density at radius 3 is 2.29 bits per heavy atom. The topological polar surface area (TPSA) is 103 Å². The van der Waals surface area contributed by atoms with Crippen molar-refractivity contribution in [3.8, 4) is 11.1 Å². The third-order valence-electron chi connectivity index (χ3n) is 7.51. The molecule has 1 saturated heterocycles. The molecule has 0 bridgehead atoms. The Hall–Kier alpha value is -4.73. The monoisotopic (exact) mass is 570 g/mol. The van der Waals surface area contributed by atoms with Crippen LogP contribution in [-0.4, -0.2) is 63.5 Å². The molecule has 42 heavy (non-hydrogen) atoms. The molecule has 0 spiro atoms. The Morgan fingerprint density at radius 1 is 0.952 bits per heavy atom. The Bertz CT molecular complexity index is 1650. The lowest BCUT2D eigenvalue weighted by Crippen LogP contribution is -2.43. The second-order valence-corrected chi connectivity index (χ2v) is 11.6. The van der Waals surface area contributed by atoms with Gasteiger partial charge in [0.15, 0.2) is 0 Å². The molecule has 0 unspecified atom stereocenters. The van der Waals surface area contributed by atoms with Gasteiger partial charge in [-0.2, -0.15) is 0 Å². The van der Waals surface area contributed by atoms with Crippen LogP contribution >= 0.6 is 0 Å². The molecule has 4 aromatic rings. The fourth-order valence-corrected chi connectivity index (χ4v) is 5.68. The van der Waals surface area contributed by atoms with Gasteiger partial charge in [-0.25, -0.2) is 19.0 Å². The van der Waals surface area contributed by atoms with Gasteiger partial charge in [0.25, 0.3) is 0 Å². The first kappa shape index (κ1) is 27.4. The summed E-state index contributed by atoms with van der Waals surface area (Å²) >= 11 is 0. The van der Waals surface area contributed by atoms with Gasteiger partial charge >= 0.3 is 12.2 Å². The SMILES string of the molecule is CC(C)(C)OC(=O)n1ccc2nc(NC(=O)[C@H]3C[C@@H](F)CN3C(=O)OCC3c4ccccc4-c4ccccc43)ccc21. The maximum Gasteiger partial charge on any atom is 0.419 e. The van der Waals surface area contributed by atoms with E-state index < -0.39 is 35.9 Å². The molecule has 1 N–H and O–H groups in total. The molecule has 216 valence electrons. The molecule has 3 heterocycles. The molecule has 1 aliphatic carbocycles. The predicted octanol–water partition coefficient (Wildman–Crippen LogP) is 6.12. The Kier molecular flexibility index (Phi) is 6.92. The number of amides is 2. The maximum absolute atomic E-state index is 14.5. The van der Waals surface area contributed by atoms with Gasteiger partial charge in [-0.1, -0.05) is 48.5 Å². The number of hydrogen-bond donors (Lipinski definition) is 1. The normalized spacial score (nSPS) is 18.0. The minimum atomic E-state index is -1.36. The standard InChI is InChI=1S/C32H31FN4O5/c1-32(2,3)42-31(40)36-15-14-25-26(36)12-13-28(34-25)35-29(38)27-16-19(33)17-37(27)30(39)41-18-24-22-10-6-4-8-20(22)21-9-5-7-11-23(21)24/h4-15,19,24,27H,16-18H2,1-3H3,(H,34,35,38)/t19-,27-/m1/s1. The summed E-state index contributed by atoms with van der Waals surface area (Å²) in [5, 5.41) is 2.69. The van der Waals surface area contributed by atoms with E-state index >= 15 is 0 Å². The molecule has 0 saturated carbocycles. The van der Waals surface area contributed by atoms with Crippen LogP contribution < -0.4 is 5.32 Å². The summed E-state index contributed by atoms with van der Waals surface area (Å²) in [6, 6.07) is 19.7. The van der Waals surface area contributed by atoms with Crippen molar-refractivity contribution in [2.75, 3.05) is 18.5 Å². The van der Waals surface area contributed by atoms with Crippen LogP contribution in [0.4, 0.5) is 19.8 Å². The van der Waals surface area contributed by atoms with Crippen LogP contribution in [0.25, 0.3) is 22.2 Å². The van der Waals surface area contributed by atoms with Gasteiger partial charge in [0.05, 0.1) is 17.6 Å². The van der Waals surface area contributed by atoms with Gasteiger partial charge in [0.2, 0.25) is 5.91 Å². The highest BCUT2D eigenvalue weighted by atomic mass is 19.1. The van der Waals surface area contributed by atoms with Gasteiger partial charge in [-0.15, -0.1) is 0 Å². The van der Waals surface area contributed by atoms with Crippen molar-refractivity contribution in [3.05, 3.63) is 84.1 Å². The van der Waals surface area contributed by atoms with E-state index in [-0.39, 0.29) is 31.3 Å². The summed E-state index contributed by atoms with van der Waals surface area (Å²) in [7, 11) is 0. The molecular formula is C32H31FN4O5. The quantitative estimate of drug-likeness (QED) is 0.317. The number of ether oxygens (including phenoxy) is 2. The van der Waals surface area contributed by atoms with E-state index in [1.807, 2.05) is 48.5 Å². The molecule has 2 aliphatic rings. The Labute approximate surface area is 242 Å². The van der Waals surface area contributed by atoms with Crippen molar-refractivity contribution in [1.82, 2.24) is 14.5 Å². The molecular weight excluding hydrogens is 539 g/mol. The number of aromatic nitrogens is 2. The van der Waals surface area contributed by atoms with Crippen molar-refractivity contribution >= 4 is 34.9 Å². The number of rotatable bonds is 4. The minimum Gasteiger partial charge on any atom is -0.448 e. The third kappa shape index (κ3) is 5.20. The fourth-order valence-electron chi connectivity index (χ4n) is 5.68. The number of anilines is 1. The number of alkyl halides is 1. The van der Waals surface area contributed by atoms with E-state index in [0.717, 1.165) is 27.2 Å². The molecule has 6 rings (SSSR count). The number of carbonyl (C=O) groups excluding carboxylic acids is 3. The number of nitrogens with zero attached hydrogens (tertiary/aromatic N) is 3. The van der Waals surface area contributed by atoms with E-state index in [9.17, 15) is 18.8 Å². The third-order valence-corrected chi connectivity index (χ3v) is 7.51. The molecule has 1 fully saturated rings. The lowest BCUT2D eigenvalue weighted by molar-refractivity contribution is -0.120. The van der Waals surface area contributed by atoms with Crippen LogP contribution in [0.15, 0.2) is 72.9 Å². The number of fused-ring (bicyclic) bond motifs is 4. The molecule has 2 amide bonds. The minimum absolute atomic E-state index is 0.0709. The van der Waals surface area contributed by atoms with Gasteiger partial charge < -0.3 is 14.8 Å². The summed E-state index contributed by atoms with van der Waals surface area (Å²) < 4.78 is 27.0. The van der Waals surface area contributed by atoms with Crippen LogP contribution in [0, 0.1) is 0 Å². The maximum atomic E-state index is 14.5. The van der Waals surface area contributed by atoms with Crippen molar-refractivity contribution in [2.45, 2.75) is 50.9 Å². The van der Waals surface area contributed by atoms with E-state index in [2.05, 4.69) is 10.3 Å². The largest absolute Gasteiger partial charge is 0.448 e. The fraction of sp³-hybridized carbons (Fsp3) is 0.312. The van der Waals surface area contributed by atoms with Crippen molar-refractivity contribution in [2.24, 2.45) is 0 Å². The second kappa shape index (κ2) is 10.6. The summed E-state index contributed by atoms with van der Waals surface area (Å²) in [6.07, 6.45) is -1.25. The number of likely N-dealkylation sites (tertiary alicyclic amines) is 1. The first-order valence-electron chi connectivity index (χ1n) is 13.9. The lowest BCUT2D eigenvalue weighted by atomic mass is 9.98. The van der Waals surface area contributed by atoms with E-state index in [1.54, 1.807) is 45.2 Å². The summed E-state index contributed by atoms with van der Waals surface area (Å²) in [5.41, 5.74) is 4.63. The molecule has 2 atom stereocenters. The van der Waals surface area contributed by atoms with E-state index in [0.29, 0.717) is 11.0 Å². The highest BCUT2D eigenvalue weighted by Crippen LogP contribution is 2.44. The second-order valence-electron chi connectivity index (χ2n) is 11.6. The zero-order chi connectivity index (χ0) is 29.6. The highest BCUT2D eigenvalue weighted by molar-refractivity contribution is 5.97. The smallest absolute Gasteiger partial charge is 0.419 e. The molecule has 10 heteroatoms. The Balaban J connectivity index is 1.14. The summed E-state index contributed by atoms with van der Waals surface area (Å²) in [4.78, 5) is 44.5. The predicted molar refractivity (Wildman–Crippen MR) is 155 cm³/mol. The molecule has 9 nitrogen and oxygen atoms in total. The number of nitrogens with one attached hydrogen (secondary N) is 1. The highest BCUT2D eigenvalue weighted by Gasteiger charge is 2.41. The lowest BCUT2D eigenvalue weighted by Gasteiger charge is -2.24. The first-order chi connectivity index (χ1) is 20.1. The van der Waals surface area contributed by atoms with Crippen LogP contribution in [0.5, 0.6) is 0 Å². The Morgan fingerprint density at radius 2 is 1.62 bits per heavy atom. The zero-order valence-corrected chi connectivity index (χ0v) is 23.5. The van der Waals surface area contributed by atoms with Crippen LogP contribution in [-0.2, 0) is 14.3 Å². The number of halogens is 1. The van der Waals surface area contributed by atoms with Crippen molar-refractivity contribution in [1.29, 1.82) is 0 Å². The number of benzene rings is 2. The van der Waals surface area contributed by atoms with Gasteiger partial charge in [-0.3, -0.25) is 14.3 Å².